The molecular formula is C16H22N2O4. The molecule has 0 radical (unpaired) electrons. The minimum absolute atomic E-state index is 0.113. The Labute approximate surface area is 129 Å². The summed E-state index contributed by atoms with van der Waals surface area (Å²) < 4.78 is 5.36. The Morgan fingerprint density at radius 3 is 2.68 bits per heavy atom. The lowest BCUT2D eigenvalue weighted by Gasteiger charge is -2.24. The molecule has 1 amide bonds. The summed E-state index contributed by atoms with van der Waals surface area (Å²) in [6.45, 7) is 2.48. The van der Waals surface area contributed by atoms with E-state index in [2.05, 4.69) is 0 Å². The van der Waals surface area contributed by atoms with E-state index in [0.29, 0.717) is 18.8 Å². The van der Waals surface area contributed by atoms with Crippen LogP contribution in [0.3, 0.4) is 0 Å². The summed E-state index contributed by atoms with van der Waals surface area (Å²) in [6, 6.07) is 2.78. The van der Waals surface area contributed by atoms with E-state index in [1.165, 1.54) is 18.1 Å². The van der Waals surface area contributed by atoms with Crippen LogP contribution >= 0.6 is 0 Å². The van der Waals surface area contributed by atoms with Gasteiger partial charge in [-0.1, -0.05) is 12.8 Å². The SMILES string of the molecule is CC(=O)C1=C(O)C(=O)N(CCCCCCN)C1c1ccco1. The summed E-state index contributed by atoms with van der Waals surface area (Å²) in [7, 11) is 0. The number of nitrogens with zero attached hydrogens (tertiary/aromatic N) is 1. The number of Topliss-reactive ketones (excluding diaryl/α,β-unsaturated/α-hetero) is 1. The summed E-state index contributed by atoms with van der Waals surface area (Å²) in [6.07, 6.45) is 5.19. The van der Waals surface area contributed by atoms with Crippen LogP contribution < -0.4 is 5.73 Å². The molecule has 1 aromatic heterocycles. The number of hydrogen-bond acceptors (Lipinski definition) is 5. The summed E-state index contributed by atoms with van der Waals surface area (Å²) in [5, 5.41) is 10.0. The lowest BCUT2D eigenvalue weighted by molar-refractivity contribution is -0.129. The van der Waals surface area contributed by atoms with Gasteiger partial charge < -0.3 is 20.2 Å². The zero-order valence-electron chi connectivity index (χ0n) is 12.7. The van der Waals surface area contributed by atoms with Crippen LogP contribution in [0, 0.1) is 0 Å². The molecule has 120 valence electrons. The van der Waals surface area contributed by atoms with Crippen LogP contribution in [0.2, 0.25) is 0 Å². The van der Waals surface area contributed by atoms with Crippen LogP contribution in [0.25, 0.3) is 0 Å². The Morgan fingerprint density at radius 1 is 1.36 bits per heavy atom. The average molecular weight is 306 g/mol. The maximum atomic E-state index is 12.2. The third kappa shape index (κ3) is 3.22. The van der Waals surface area contributed by atoms with E-state index in [-0.39, 0.29) is 11.4 Å². The normalized spacial score (nSPS) is 18.4. The van der Waals surface area contributed by atoms with Gasteiger partial charge in [-0.3, -0.25) is 9.59 Å². The molecule has 0 bridgehead atoms. The molecule has 0 spiro atoms. The van der Waals surface area contributed by atoms with E-state index in [1.807, 2.05) is 0 Å². The zero-order valence-corrected chi connectivity index (χ0v) is 12.7. The fourth-order valence-electron chi connectivity index (χ4n) is 2.77. The van der Waals surface area contributed by atoms with E-state index in [4.69, 9.17) is 10.2 Å². The summed E-state index contributed by atoms with van der Waals surface area (Å²) in [5.74, 6) is -0.802. The Kier molecular flexibility index (Phi) is 5.38. The van der Waals surface area contributed by atoms with Crippen molar-refractivity contribution in [3.8, 4) is 0 Å². The third-order valence-electron chi connectivity index (χ3n) is 3.85. The molecule has 0 aliphatic carbocycles. The number of aliphatic hydroxyl groups excluding tert-OH is 1. The Balaban J connectivity index is 2.14. The molecule has 1 atom stereocenters. The Morgan fingerprint density at radius 2 is 2.09 bits per heavy atom. The zero-order chi connectivity index (χ0) is 16.1. The molecule has 0 saturated heterocycles. The topological polar surface area (TPSA) is 96.8 Å². The number of rotatable bonds is 8. The molecule has 6 nitrogen and oxygen atoms in total. The van der Waals surface area contributed by atoms with E-state index >= 15 is 0 Å². The molecule has 0 fully saturated rings. The maximum Gasteiger partial charge on any atom is 0.290 e. The van der Waals surface area contributed by atoms with Crippen LogP contribution in [0.1, 0.15) is 44.4 Å². The van der Waals surface area contributed by atoms with Crippen molar-refractivity contribution in [2.75, 3.05) is 13.1 Å². The highest BCUT2D eigenvalue weighted by Crippen LogP contribution is 2.37. The first-order valence-electron chi connectivity index (χ1n) is 7.56. The molecule has 2 heterocycles. The molecule has 1 aromatic rings. The minimum Gasteiger partial charge on any atom is -0.503 e. The molecule has 22 heavy (non-hydrogen) atoms. The van der Waals surface area contributed by atoms with E-state index in [9.17, 15) is 14.7 Å². The first kappa shape index (κ1) is 16.3. The number of nitrogens with two attached hydrogens (primary N) is 1. The number of carbonyl (C=O) groups excluding carboxylic acids is 2. The molecular weight excluding hydrogens is 284 g/mol. The highest BCUT2D eigenvalue weighted by molar-refractivity contribution is 6.07. The third-order valence-corrected chi connectivity index (χ3v) is 3.85. The van der Waals surface area contributed by atoms with Gasteiger partial charge in [0.05, 0.1) is 11.8 Å². The van der Waals surface area contributed by atoms with Crippen molar-refractivity contribution in [3.63, 3.8) is 0 Å². The number of hydrogen-bond donors (Lipinski definition) is 2. The maximum absolute atomic E-state index is 12.2. The molecule has 0 aromatic carbocycles. The fraction of sp³-hybridized carbons (Fsp3) is 0.500. The first-order valence-corrected chi connectivity index (χ1v) is 7.56. The quantitative estimate of drug-likeness (QED) is 0.717. The molecule has 6 heteroatoms. The molecule has 1 unspecified atom stereocenters. The number of amides is 1. The van der Waals surface area contributed by atoms with Gasteiger partial charge in [-0.15, -0.1) is 0 Å². The smallest absolute Gasteiger partial charge is 0.290 e. The molecule has 0 saturated carbocycles. The predicted molar refractivity (Wildman–Crippen MR) is 81.0 cm³/mol. The van der Waals surface area contributed by atoms with Crippen molar-refractivity contribution in [1.82, 2.24) is 4.90 Å². The number of carbonyl (C=O) groups is 2. The summed E-state index contributed by atoms with van der Waals surface area (Å²) in [5.41, 5.74) is 5.57. The minimum atomic E-state index is -0.630. The van der Waals surface area contributed by atoms with Crippen molar-refractivity contribution in [1.29, 1.82) is 0 Å². The molecule has 3 N–H and O–H groups in total. The fourth-order valence-corrected chi connectivity index (χ4v) is 2.77. The lowest BCUT2D eigenvalue weighted by atomic mass is 10.0. The second-order valence-electron chi connectivity index (χ2n) is 5.44. The highest BCUT2D eigenvalue weighted by Gasteiger charge is 2.43. The Bertz CT molecular complexity index is 563. The lowest BCUT2D eigenvalue weighted by Crippen LogP contribution is -2.31. The Hall–Kier alpha value is -2.08. The van der Waals surface area contributed by atoms with Crippen molar-refractivity contribution in [3.05, 3.63) is 35.5 Å². The number of aliphatic hydroxyl groups is 1. The molecule has 1 aliphatic rings. The van der Waals surface area contributed by atoms with E-state index in [1.54, 1.807) is 12.1 Å². The predicted octanol–water partition coefficient (Wildman–Crippen LogP) is 2.08. The van der Waals surface area contributed by atoms with Gasteiger partial charge in [0.15, 0.2) is 11.5 Å². The van der Waals surface area contributed by atoms with Crippen LogP contribution in [0.4, 0.5) is 0 Å². The van der Waals surface area contributed by atoms with Gasteiger partial charge in [-0.05, 0) is 38.4 Å². The van der Waals surface area contributed by atoms with E-state index < -0.39 is 17.7 Å². The van der Waals surface area contributed by atoms with Crippen LogP contribution in [0.15, 0.2) is 34.1 Å². The van der Waals surface area contributed by atoms with Crippen molar-refractivity contribution >= 4 is 11.7 Å². The molecule has 2 rings (SSSR count). The van der Waals surface area contributed by atoms with Crippen LogP contribution in [0.5, 0.6) is 0 Å². The van der Waals surface area contributed by atoms with Gasteiger partial charge in [0.25, 0.3) is 5.91 Å². The summed E-state index contributed by atoms with van der Waals surface area (Å²) >= 11 is 0. The van der Waals surface area contributed by atoms with Gasteiger partial charge >= 0.3 is 0 Å². The van der Waals surface area contributed by atoms with E-state index in [0.717, 1.165) is 25.7 Å². The largest absolute Gasteiger partial charge is 0.503 e. The van der Waals surface area contributed by atoms with Crippen LogP contribution in [-0.2, 0) is 9.59 Å². The number of ketones is 1. The second kappa shape index (κ2) is 7.26. The molecule has 1 aliphatic heterocycles. The van der Waals surface area contributed by atoms with Gasteiger partial charge in [0.1, 0.15) is 11.8 Å². The summed E-state index contributed by atoms with van der Waals surface area (Å²) in [4.78, 5) is 25.6. The van der Waals surface area contributed by atoms with Crippen LogP contribution in [-0.4, -0.2) is 34.8 Å². The van der Waals surface area contributed by atoms with Crippen molar-refractivity contribution < 1.29 is 19.1 Å². The van der Waals surface area contributed by atoms with Crippen molar-refractivity contribution in [2.24, 2.45) is 5.73 Å². The number of unbranched alkanes of at least 4 members (excludes halogenated alkanes) is 3. The standard InChI is InChI=1S/C16H22N2O4/c1-11(19)13-14(12-7-6-10-22-12)18(16(21)15(13)20)9-5-3-2-4-8-17/h6-7,10,14,20H,2-5,8-9,17H2,1H3. The van der Waals surface area contributed by atoms with Gasteiger partial charge in [0, 0.05) is 6.54 Å². The highest BCUT2D eigenvalue weighted by atomic mass is 16.3. The van der Waals surface area contributed by atoms with Crippen molar-refractivity contribution in [2.45, 2.75) is 38.6 Å². The first-order chi connectivity index (χ1) is 10.6. The second-order valence-corrected chi connectivity index (χ2v) is 5.44. The van der Waals surface area contributed by atoms with Gasteiger partial charge in [-0.25, -0.2) is 0 Å². The average Bonchev–Trinajstić information content (AvgIpc) is 3.08. The van der Waals surface area contributed by atoms with Gasteiger partial charge in [0.2, 0.25) is 0 Å². The number of furan rings is 1. The van der Waals surface area contributed by atoms with Gasteiger partial charge in [-0.2, -0.15) is 0 Å². The monoisotopic (exact) mass is 306 g/mol.